The van der Waals surface area contributed by atoms with E-state index in [9.17, 15) is 4.79 Å². The van der Waals surface area contributed by atoms with Crippen molar-refractivity contribution in [2.45, 2.75) is 64.2 Å². The number of nitrogens with zero attached hydrogens (tertiary/aromatic N) is 3. The van der Waals surface area contributed by atoms with Gasteiger partial charge in [-0.15, -0.1) is 0 Å². The molecule has 2 aromatic rings. The number of benzene rings is 1. The molecular formula is C26H36N4O2. The number of anilines is 1. The van der Waals surface area contributed by atoms with Gasteiger partial charge in [-0.2, -0.15) is 0 Å². The quantitative estimate of drug-likeness (QED) is 0.783. The third-order valence-corrected chi connectivity index (χ3v) is 7.23. The summed E-state index contributed by atoms with van der Waals surface area (Å²) >= 11 is 0. The maximum atomic E-state index is 14.2. The molecule has 2 aliphatic rings. The van der Waals surface area contributed by atoms with E-state index in [-0.39, 0.29) is 11.3 Å². The zero-order valence-corrected chi connectivity index (χ0v) is 20.1. The van der Waals surface area contributed by atoms with Crippen LogP contribution in [0.5, 0.6) is 0 Å². The highest BCUT2D eigenvalue weighted by Crippen LogP contribution is 2.41. The number of amides is 1. The molecule has 172 valence electrons. The van der Waals surface area contributed by atoms with Gasteiger partial charge in [0.1, 0.15) is 11.6 Å². The first-order valence-electron chi connectivity index (χ1n) is 11.8. The van der Waals surface area contributed by atoms with E-state index in [1.165, 1.54) is 11.1 Å². The smallest absolute Gasteiger partial charge is 0.233 e. The number of rotatable bonds is 4. The summed E-state index contributed by atoms with van der Waals surface area (Å²) in [5.41, 5.74) is 3.87. The SMILES string of the molecule is CNc1cc([C@@]2(C)CCCN(C(=O)C3(c4cc(C)cc(C)c4)CCOCC3)C2)nc(C)n1. The van der Waals surface area contributed by atoms with Gasteiger partial charge in [-0.25, -0.2) is 9.97 Å². The van der Waals surface area contributed by atoms with E-state index in [1.54, 1.807) is 0 Å². The highest BCUT2D eigenvalue weighted by Gasteiger charge is 2.47. The third-order valence-electron chi connectivity index (χ3n) is 7.23. The number of ether oxygens (including phenoxy) is 1. The minimum Gasteiger partial charge on any atom is -0.381 e. The summed E-state index contributed by atoms with van der Waals surface area (Å²) in [5, 5.41) is 3.14. The Labute approximate surface area is 191 Å². The fraction of sp³-hybridized carbons (Fsp3) is 0.577. The third kappa shape index (κ3) is 4.25. The molecule has 0 bridgehead atoms. The lowest BCUT2D eigenvalue weighted by molar-refractivity contribution is -0.143. The van der Waals surface area contributed by atoms with Crippen molar-refractivity contribution in [1.29, 1.82) is 0 Å². The Kier molecular flexibility index (Phi) is 6.26. The number of hydrogen-bond donors (Lipinski definition) is 1. The molecule has 1 aromatic carbocycles. The second-order valence-corrected chi connectivity index (χ2v) is 9.90. The molecule has 0 unspecified atom stereocenters. The lowest BCUT2D eigenvalue weighted by Gasteiger charge is -2.46. The van der Waals surface area contributed by atoms with Crippen molar-refractivity contribution >= 4 is 11.7 Å². The number of piperidine rings is 1. The molecule has 1 aromatic heterocycles. The first-order chi connectivity index (χ1) is 15.3. The van der Waals surface area contributed by atoms with E-state index in [0.29, 0.717) is 19.8 Å². The molecule has 0 saturated carbocycles. The van der Waals surface area contributed by atoms with Gasteiger partial charge < -0.3 is 15.0 Å². The Morgan fingerprint density at radius 3 is 2.38 bits per heavy atom. The van der Waals surface area contributed by atoms with Gasteiger partial charge in [0.15, 0.2) is 0 Å². The van der Waals surface area contributed by atoms with Gasteiger partial charge in [-0.05, 0) is 52.0 Å². The monoisotopic (exact) mass is 436 g/mol. The van der Waals surface area contributed by atoms with Crippen LogP contribution in [-0.2, 0) is 20.4 Å². The van der Waals surface area contributed by atoms with Crippen LogP contribution in [0.4, 0.5) is 5.82 Å². The summed E-state index contributed by atoms with van der Waals surface area (Å²) in [6.07, 6.45) is 3.45. The maximum absolute atomic E-state index is 14.2. The van der Waals surface area contributed by atoms with Crippen LogP contribution in [0.3, 0.4) is 0 Å². The van der Waals surface area contributed by atoms with E-state index >= 15 is 0 Å². The van der Waals surface area contributed by atoms with Crippen LogP contribution in [0.1, 0.15) is 60.8 Å². The Balaban J connectivity index is 1.68. The number of nitrogens with one attached hydrogen (secondary N) is 1. The maximum Gasteiger partial charge on any atom is 0.233 e. The molecule has 2 saturated heterocycles. The fourth-order valence-corrected chi connectivity index (χ4v) is 5.53. The second kappa shape index (κ2) is 8.81. The van der Waals surface area contributed by atoms with Crippen LogP contribution < -0.4 is 5.32 Å². The van der Waals surface area contributed by atoms with Gasteiger partial charge in [-0.1, -0.05) is 36.2 Å². The van der Waals surface area contributed by atoms with Crippen LogP contribution in [0.25, 0.3) is 0 Å². The molecule has 1 amide bonds. The lowest BCUT2D eigenvalue weighted by atomic mass is 9.71. The molecule has 0 aliphatic carbocycles. The number of aryl methyl sites for hydroxylation is 3. The van der Waals surface area contributed by atoms with Gasteiger partial charge in [0.25, 0.3) is 0 Å². The van der Waals surface area contributed by atoms with Gasteiger partial charge in [0.05, 0.1) is 11.1 Å². The second-order valence-electron chi connectivity index (χ2n) is 9.90. The first kappa shape index (κ1) is 22.7. The topological polar surface area (TPSA) is 67.4 Å². The molecule has 32 heavy (non-hydrogen) atoms. The van der Waals surface area contributed by atoms with E-state index in [2.05, 4.69) is 54.2 Å². The zero-order chi connectivity index (χ0) is 22.9. The van der Waals surface area contributed by atoms with Crippen molar-refractivity contribution in [1.82, 2.24) is 14.9 Å². The van der Waals surface area contributed by atoms with E-state index in [0.717, 1.165) is 55.1 Å². The molecule has 6 heteroatoms. The van der Waals surface area contributed by atoms with Crippen molar-refractivity contribution in [3.8, 4) is 0 Å². The fourth-order valence-electron chi connectivity index (χ4n) is 5.53. The van der Waals surface area contributed by atoms with Crippen molar-refractivity contribution in [2.24, 2.45) is 0 Å². The van der Waals surface area contributed by atoms with Crippen LogP contribution in [0, 0.1) is 20.8 Å². The molecule has 0 spiro atoms. The predicted molar refractivity (Wildman–Crippen MR) is 127 cm³/mol. The van der Waals surface area contributed by atoms with Gasteiger partial charge in [0, 0.05) is 44.8 Å². The predicted octanol–water partition coefficient (Wildman–Crippen LogP) is 4.07. The highest BCUT2D eigenvalue weighted by molar-refractivity contribution is 5.89. The number of carbonyl (C=O) groups excluding carboxylic acids is 1. The van der Waals surface area contributed by atoms with Crippen LogP contribution in [0.2, 0.25) is 0 Å². The summed E-state index contributed by atoms with van der Waals surface area (Å²) in [6, 6.07) is 8.61. The number of carbonyl (C=O) groups is 1. The Hall–Kier alpha value is -2.47. The lowest BCUT2D eigenvalue weighted by Crippen LogP contribution is -2.55. The van der Waals surface area contributed by atoms with Crippen molar-refractivity contribution < 1.29 is 9.53 Å². The minimum atomic E-state index is -0.509. The molecule has 1 atom stereocenters. The molecular weight excluding hydrogens is 400 g/mol. The summed E-state index contributed by atoms with van der Waals surface area (Å²) in [6.45, 7) is 11.1. The van der Waals surface area contributed by atoms with Gasteiger partial charge >= 0.3 is 0 Å². The summed E-state index contributed by atoms with van der Waals surface area (Å²) in [5.74, 6) is 1.83. The zero-order valence-electron chi connectivity index (χ0n) is 20.1. The van der Waals surface area contributed by atoms with Crippen molar-refractivity contribution in [2.75, 3.05) is 38.7 Å². The molecule has 2 aliphatic heterocycles. The number of aromatic nitrogens is 2. The molecule has 0 radical (unpaired) electrons. The van der Waals surface area contributed by atoms with Crippen LogP contribution in [0.15, 0.2) is 24.3 Å². The Morgan fingerprint density at radius 2 is 1.72 bits per heavy atom. The largest absolute Gasteiger partial charge is 0.381 e. The Morgan fingerprint density at radius 1 is 1.03 bits per heavy atom. The average Bonchev–Trinajstić information content (AvgIpc) is 2.78. The molecule has 6 nitrogen and oxygen atoms in total. The molecule has 2 fully saturated rings. The minimum absolute atomic E-state index is 0.192. The van der Waals surface area contributed by atoms with Crippen LogP contribution >= 0.6 is 0 Å². The first-order valence-corrected chi connectivity index (χ1v) is 11.8. The van der Waals surface area contributed by atoms with Gasteiger partial charge in [0.2, 0.25) is 5.91 Å². The highest BCUT2D eigenvalue weighted by atomic mass is 16.5. The van der Waals surface area contributed by atoms with E-state index < -0.39 is 5.41 Å². The normalized spacial score (nSPS) is 23.1. The van der Waals surface area contributed by atoms with E-state index in [1.807, 2.05) is 20.0 Å². The summed E-state index contributed by atoms with van der Waals surface area (Å²) in [7, 11) is 1.88. The summed E-state index contributed by atoms with van der Waals surface area (Å²) < 4.78 is 5.70. The number of likely N-dealkylation sites (tertiary alicyclic amines) is 1. The molecule has 4 rings (SSSR count). The average molecular weight is 437 g/mol. The van der Waals surface area contributed by atoms with Crippen molar-refractivity contribution in [3.63, 3.8) is 0 Å². The van der Waals surface area contributed by atoms with Crippen molar-refractivity contribution in [3.05, 3.63) is 52.5 Å². The number of hydrogen-bond acceptors (Lipinski definition) is 5. The standard InChI is InChI=1S/C26H36N4O2/c1-18-13-19(2)15-21(14-18)26(8-11-32-12-9-26)24(31)30-10-6-7-25(4,17-30)22-16-23(27-5)29-20(3)28-22/h13-16H,6-12,17H2,1-5H3,(H,27,28,29)/t25-/m0/s1. The van der Waals surface area contributed by atoms with Gasteiger partial charge in [-0.3, -0.25) is 4.79 Å². The summed E-state index contributed by atoms with van der Waals surface area (Å²) in [4.78, 5) is 25.6. The Bertz CT molecular complexity index is 979. The molecule has 1 N–H and O–H groups in total. The van der Waals surface area contributed by atoms with Crippen LogP contribution in [-0.4, -0.2) is 54.1 Å². The van der Waals surface area contributed by atoms with E-state index in [4.69, 9.17) is 9.72 Å². The molecule has 3 heterocycles.